The van der Waals surface area contributed by atoms with Gasteiger partial charge in [-0.15, -0.1) is 0 Å². The van der Waals surface area contributed by atoms with Gasteiger partial charge >= 0.3 is 0 Å². The lowest BCUT2D eigenvalue weighted by atomic mass is 9.78. The van der Waals surface area contributed by atoms with Crippen molar-refractivity contribution in [2.75, 3.05) is 9.80 Å². The van der Waals surface area contributed by atoms with Gasteiger partial charge < -0.3 is 9.80 Å². The maximum atomic E-state index is 2.56. The van der Waals surface area contributed by atoms with Crippen molar-refractivity contribution >= 4 is 104 Å². The Bertz CT molecular complexity index is 2260. The van der Waals surface area contributed by atoms with E-state index in [1.54, 1.807) is 8.93 Å². The van der Waals surface area contributed by atoms with Crippen LogP contribution in [0.25, 0.3) is 22.4 Å². The Labute approximate surface area is 319 Å². The molecule has 242 valence electrons. The van der Waals surface area contributed by atoms with Crippen molar-refractivity contribution in [1.29, 1.82) is 0 Å². The van der Waals surface area contributed by atoms with Crippen LogP contribution < -0.4 is 9.80 Å². The fraction of sp³-hybridized carbons (Fsp3) is 0.136. The lowest BCUT2D eigenvalue weighted by Crippen LogP contribution is -2.34. The molecular formula is C44H36I2N2S. The van der Waals surface area contributed by atoms with Crippen molar-refractivity contribution in [1.82, 2.24) is 0 Å². The Hall–Kier alpha value is -3.53. The Balaban J connectivity index is 1.35. The third kappa shape index (κ3) is 5.71. The number of nitrogens with zero attached hydrogens (tertiary/aromatic N) is 2. The van der Waals surface area contributed by atoms with E-state index in [0.29, 0.717) is 0 Å². The predicted molar refractivity (Wildman–Crippen MR) is 230 cm³/mol. The van der Waals surface area contributed by atoms with Crippen LogP contribution in [0.1, 0.15) is 38.9 Å². The van der Waals surface area contributed by atoms with Crippen LogP contribution >= 0.6 is 52.7 Å². The summed E-state index contributed by atoms with van der Waals surface area (Å²) in [5.41, 5.74) is 16.7. The Kier molecular flexibility index (Phi) is 8.87. The van der Waals surface area contributed by atoms with Crippen LogP contribution in [-0.4, -0.2) is 6.04 Å². The van der Waals surface area contributed by atoms with Crippen molar-refractivity contribution in [2.45, 2.75) is 45.1 Å². The molecule has 49 heavy (non-hydrogen) atoms. The van der Waals surface area contributed by atoms with Gasteiger partial charge in [-0.25, -0.2) is 0 Å². The minimum atomic E-state index is 0.0582. The summed E-state index contributed by atoms with van der Waals surface area (Å²) in [5, 5.41) is 2.67. The first-order valence-corrected chi connectivity index (χ1v) is 21.1. The number of hydrogen-bond donors (Lipinski definition) is 0. The fourth-order valence-corrected chi connectivity index (χ4v) is 10.2. The number of anilines is 5. The van der Waals surface area contributed by atoms with Gasteiger partial charge in [-0.3, -0.25) is 0 Å². The van der Waals surface area contributed by atoms with Gasteiger partial charge in [-0.05, 0) is 161 Å². The number of aryl methyl sites for hydroxylation is 4. The molecule has 0 saturated carbocycles. The quantitative estimate of drug-likeness (QED) is 0.148. The molecular weight excluding hydrogens is 842 g/mol. The van der Waals surface area contributed by atoms with E-state index in [1.165, 1.54) is 92.2 Å². The first-order chi connectivity index (χ1) is 23.8. The molecule has 0 spiro atoms. The second-order valence-electron chi connectivity index (χ2n) is 13.1. The van der Waals surface area contributed by atoms with E-state index < -0.39 is 0 Å². The molecule has 0 amide bonds. The smallest absolute Gasteiger partial charge is 0.0782 e. The van der Waals surface area contributed by atoms with Gasteiger partial charge in [-0.2, -0.15) is 0 Å². The molecule has 5 heteroatoms. The third-order valence-corrected chi connectivity index (χ3v) is 12.5. The molecule has 1 unspecified atom stereocenters. The molecule has 0 saturated heterocycles. The van der Waals surface area contributed by atoms with Crippen molar-refractivity contribution in [3.05, 3.63) is 164 Å². The molecule has 0 bridgehead atoms. The fourth-order valence-electron chi connectivity index (χ4n) is 8.03. The van der Waals surface area contributed by atoms with Gasteiger partial charge in [0.1, 0.15) is 0 Å². The van der Waals surface area contributed by atoms with Crippen molar-refractivity contribution < 1.29 is 0 Å². The van der Waals surface area contributed by atoms with Crippen molar-refractivity contribution in [3.8, 4) is 0 Å². The summed E-state index contributed by atoms with van der Waals surface area (Å²) in [6, 6.07) is 40.5. The maximum Gasteiger partial charge on any atom is 0.0782 e. The summed E-state index contributed by atoms with van der Waals surface area (Å²) in [7, 11) is 1.77. The van der Waals surface area contributed by atoms with E-state index in [1.807, 2.05) is 0 Å². The first kappa shape index (κ1) is 32.7. The molecule has 8 rings (SSSR count). The molecule has 0 radical (unpaired) electrons. The number of para-hydroxylation sites is 2. The second-order valence-corrected chi connectivity index (χ2v) is 16.3. The predicted octanol–water partition coefficient (Wildman–Crippen LogP) is 13.8. The van der Waals surface area contributed by atoms with Crippen LogP contribution in [-0.2, 0) is 6.42 Å². The van der Waals surface area contributed by atoms with E-state index in [2.05, 4.69) is 209 Å². The number of hydrogen-bond acceptors (Lipinski definition) is 3. The Morgan fingerprint density at radius 1 is 0.694 bits per heavy atom. The van der Waals surface area contributed by atoms with Crippen LogP contribution in [0.4, 0.5) is 28.4 Å². The molecule has 6 aromatic carbocycles. The van der Waals surface area contributed by atoms with Gasteiger partial charge in [0.25, 0.3) is 0 Å². The van der Waals surface area contributed by atoms with E-state index in [0.717, 1.165) is 6.42 Å². The molecule has 2 aliphatic rings. The van der Waals surface area contributed by atoms with E-state index in [4.69, 9.17) is 0 Å². The normalized spacial score (nSPS) is 14.6. The van der Waals surface area contributed by atoms with Gasteiger partial charge in [0, 0.05) is 52.1 Å². The molecule has 2 nitrogen and oxygen atoms in total. The molecule has 0 aliphatic heterocycles. The van der Waals surface area contributed by atoms with Crippen molar-refractivity contribution in [2.24, 2.45) is 0 Å². The van der Waals surface area contributed by atoms with Crippen LogP contribution in [0.3, 0.4) is 0 Å². The van der Waals surface area contributed by atoms with E-state index in [9.17, 15) is 0 Å². The molecule has 0 N–H and O–H groups in total. The second kappa shape index (κ2) is 13.3. The monoisotopic (exact) mass is 878 g/mol. The maximum absolute atomic E-state index is 2.56. The van der Waals surface area contributed by atoms with Crippen molar-refractivity contribution in [3.63, 3.8) is 0 Å². The standard InChI is InChI=1S/C44H36I2N2S/c1-27-23-33(45)24-28(2)43(27)47(34-11-7-5-8-12-34)39-21-17-31-16-20-38-40(22-18-32-15-19-37(39)41(31)42(32)38)48(35-13-9-6-10-14-35)44-29(3)25-36(49-46)26-30(44)4/h5-14,16-26,39H,15H2,1-4H3. The summed E-state index contributed by atoms with van der Waals surface area (Å²) in [6.07, 6.45) is 8.17. The van der Waals surface area contributed by atoms with Gasteiger partial charge in [0.2, 0.25) is 0 Å². The average Bonchev–Trinajstić information content (AvgIpc) is 3.11. The molecule has 2 aliphatic carbocycles. The molecule has 1 atom stereocenters. The van der Waals surface area contributed by atoms with Gasteiger partial charge in [0.05, 0.1) is 17.4 Å². The van der Waals surface area contributed by atoms with Crippen LogP contribution in [0.5, 0.6) is 0 Å². The van der Waals surface area contributed by atoms with E-state index >= 15 is 0 Å². The first-order valence-electron chi connectivity index (χ1n) is 16.7. The Morgan fingerprint density at radius 2 is 1.33 bits per heavy atom. The van der Waals surface area contributed by atoms with Gasteiger partial charge in [0.15, 0.2) is 0 Å². The number of benzene rings is 6. The number of rotatable bonds is 7. The summed E-state index contributed by atoms with van der Waals surface area (Å²) in [4.78, 5) is 6.33. The highest BCUT2D eigenvalue weighted by Crippen LogP contribution is 2.50. The molecule has 0 fully saturated rings. The number of halogens is 2. The minimum Gasteiger partial charge on any atom is -0.330 e. The molecule has 0 heterocycles. The molecule has 0 aromatic heterocycles. The largest absolute Gasteiger partial charge is 0.330 e. The van der Waals surface area contributed by atoms with Crippen LogP contribution in [0.15, 0.2) is 126 Å². The highest BCUT2D eigenvalue weighted by molar-refractivity contribution is 14.2. The summed E-state index contributed by atoms with van der Waals surface area (Å²) in [5.74, 6) is 0. The summed E-state index contributed by atoms with van der Waals surface area (Å²) < 4.78 is 1.27. The SMILES string of the molecule is Cc1cc(SI)cc(C)c1N(c1ccccc1)c1ccc2c3c4c(ccc13)C=CC(N(c1ccccc1)c1c(C)cc(I)cc1C)C4=CC2. The van der Waals surface area contributed by atoms with Crippen LogP contribution in [0.2, 0.25) is 0 Å². The summed E-state index contributed by atoms with van der Waals surface area (Å²) >= 11 is 4.83. The third-order valence-electron chi connectivity index (χ3n) is 9.93. The lowest BCUT2D eigenvalue weighted by molar-refractivity contribution is 0.938. The van der Waals surface area contributed by atoms with E-state index in [-0.39, 0.29) is 6.04 Å². The zero-order chi connectivity index (χ0) is 33.8. The molecule has 6 aromatic rings. The highest BCUT2D eigenvalue weighted by Gasteiger charge is 2.33. The topological polar surface area (TPSA) is 6.48 Å². The number of allylic oxidation sites excluding steroid dienone is 1. The highest BCUT2D eigenvalue weighted by atomic mass is 127. The Morgan fingerprint density at radius 3 is 1.98 bits per heavy atom. The van der Waals surface area contributed by atoms with Gasteiger partial charge in [-0.1, -0.05) is 81.8 Å². The zero-order valence-corrected chi connectivity index (χ0v) is 33.1. The average molecular weight is 879 g/mol. The van der Waals surface area contributed by atoms with Crippen LogP contribution in [0, 0.1) is 31.3 Å². The summed E-state index contributed by atoms with van der Waals surface area (Å²) in [6.45, 7) is 9.01. The zero-order valence-electron chi connectivity index (χ0n) is 28.0. The minimum absolute atomic E-state index is 0.0582. The lowest BCUT2D eigenvalue weighted by Gasteiger charge is -2.40.